The minimum Gasteiger partial charge on any atom is -0.352 e. The van der Waals surface area contributed by atoms with E-state index in [1.54, 1.807) is 6.07 Å². The molecule has 1 amide bonds. The first-order valence-corrected chi connectivity index (χ1v) is 11.2. The molecule has 1 aliphatic carbocycles. The van der Waals surface area contributed by atoms with Crippen LogP contribution in [0.15, 0.2) is 29.8 Å². The Bertz CT molecular complexity index is 864. The first-order chi connectivity index (χ1) is 13.2. The minimum absolute atomic E-state index is 0.0803. The number of carbonyl (C=O) groups excluding carboxylic acids is 1. The maximum absolute atomic E-state index is 12.2. The molecule has 0 atom stereocenters. The summed E-state index contributed by atoms with van der Waals surface area (Å²) in [5, 5.41) is 14.0. The summed E-state index contributed by atoms with van der Waals surface area (Å²) < 4.78 is 25.6. The van der Waals surface area contributed by atoms with Crippen LogP contribution in [-0.2, 0) is 14.8 Å². The number of amides is 1. The monoisotopic (exact) mass is 409 g/mol. The lowest BCUT2D eigenvalue weighted by molar-refractivity contribution is -0.385. The van der Waals surface area contributed by atoms with E-state index in [0.29, 0.717) is 13.0 Å². The Labute approximate surface area is 165 Å². The molecule has 0 fully saturated rings. The summed E-state index contributed by atoms with van der Waals surface area (Å²) in [5.41, 5.74) is 1.66. The van der Waals surface area contributed by atoms with Gasteiger partial charge in [0.15, 0.2) is 0 Å². The van der Waals surface area contributed by atoms with E-state index < -0.39 is 14.9 Å². The van der Waals surface area contributed by atoms with Crippen molar-refractivity contribution in [3.8, 4) is 0 Å². The van der Waals surface area contributed by atoms with Gasteiger partial charge in [0, 0.05) is 25.6 Å². The standard InChI is InChI=1S/C19H27N3O5S/c1-15-17(10-6-11-18(15)22(24)25)21(28(2,26)27)13-7-12-19(23)20-14-16-8-4-3-5-9-16/h6,8,10-11H,3-5,7,9,12-14H2,1-2H3,(H,20,23). The molecule has 0 aromatic heterocycles. The highest BCUT2D eigenvalue weighted by Crippen LogP contribution is 2.30. The van der Waals surface area contributed by atoms with E-state index in [-0.39, 0.29) is 35.8 Å². The maximum atomic E-state index is 12.2. The Balaban J connectivity index is 1.98. The van der Waals surface area contributed by atoms with Gasteiger partial charge in [0.05, 0.1) is 22.4 Å². The van der Waals surface area contributed by atoms with E-state index in [4.69, 9.17) is 0 Å². The predicted octanol–water partition coefficient (Wildman–Crippen LogP) is 3.07. The van der Waals surface area contributed by atoms with Gasteiger partial charge < -0.3 is 5.32 Å². The van der Waals surface area contributed by atoms with Crippen molar-refractivity contribution in [3.63, 3.8) is 0 Å². The van der Waals surface area contributed by atoms with Crippen LogP contribution >= 0.6 is 0 Å². The number of benzene rings is 1. The molecule has 28 heavy (non-hydrogen) atoms. The number of carbonyl (C=O) groups is 1. The first kappa shape index (κ1) is 21.9. The molecule has 2 rings (SSSR count). The number of allylic oxidation sites excluding steroid dienone is 1. The molecular weight excluding hydrogens is 382 g/mol. The van der Waals surface area contributed by atoms with Crippen LogP contribution in [0.25, 0.3) is 0 Å². The Hall–Kier alpha value is -2.42. The zero-order valence-electron chi connectivity index (χ0n) is 16.3. The van der Waals surface area contributed by atoms with Crippen molar-refractivity contribution in [2.75, 3.05) is 23.7 Å². The van der Waals surface area contributed by atoms with Crippen LogP contribution in [0.2, 0.25) is 0 Å². The average molecular weight is 410 g/mol. The highest BCUT2D eigenvalue weighted by Gasteiger charge is 2.23. The molecule has 1 aromatic carbocycles. The fourth-order valence-corrected chi connectivity index (χ4v) is 4.31. The number of nitrogens with zero attached hydrogens (tertiary/aromatic N) is 2. The van der Waals surface area contributed by atoms with Crippen molar-refractivity contribution < 1.29 is 18.1 Å². The Morgan fingerprint density at radius 1 is 1.32 bits per heavy atom. The lowest BCUT2D eigenvalue weighted by Gasteiger charge is -2.24. The molecule has 0 heterocycles. The number of nitro groups is 1. The molecule has 1 aliphatic rings. The molecule has 0 saturated carbocycles. The van der Waals surface area contributed by atoms with Gasteiger partial charge >= 0.3 is 0 Å². The Morgan fingerprint density at radius 2 is 2.07 bits per heavy atom. The summed E-state index contributed by atoms with van der Waals surface area (Å²) in [5.74, 6) is -0.129. The molecule has 0 spiro atoms. The van der Waals surface area contributed by atoms with Crippen LogP contribution in [0.1, 0.15) is 44.1 Å². The smallest absolute Gasteiger partial charge is 0.274 e. The van der Waals surface area contributed by atoms with E-state index in [9.17, 15) is 23.3 Å². The van der Waals surface area contributed by atoms with Crippen molar-refractivity contribution in [1.82, 2.24) is 5.32 Å². The number of sulfonamides is 1. The number of rotatable bonds is 9. The molecule has 8 nitrogen and oxygen atoms in total. The number of anilines is 1. The second-order valence-corrected chi connectivity index (χ2v) is 8.91. The largest absolute Gasteiger partial charge is 0.352 e. The lowest BCUT2D eigenvalue weighted by Crippen LogP contribution is -2.33. The fraction of sp³-hybridized carbons (Fsp3) is 0.526. The molecule has 0 radical (unpaired) electrons. The third-order valence-electron chi connectivity index (χ3n) is 4.81. The molecular formula is C19H27N3O5S. The van der Waals surface area contributed by atoms with Gasteiger partial charge in [-0.25, -0.2) is 8.42 Å². The number of hydrogen-bond donors (Lipinski definition) is 1. The Morgan fingerprint density at radius 3 is 2.68 bits per heavy atom. The van der Waals surface area contributed by atoms with Gasteiger partial charge in [-0.2, -0.15) is 0 Å². The van der Waals surface area contributed by atoms with E-state index in [1.165, 1.54) is 31.1 Å². The van der Waals surface area contributed by atoms with Gasteiger partial charge in [-0.05, 0) is 45.1 Å². The summed E-state index contributed by atoms with van der Waals surface area (Å²) in [6.07, 6.45) is 8.13. The lowest BCUT2D eigenvalue weighted by atomic mass is 10.00. The van der Waals surface area contributed by atoms with Crippen LogP contribution in [0.4, 0.5) is 11.4 Å². The normalized spacial score (nSPS) is 14.3. The second-order valence-electron chi connectivity index (χ2n) is 7.00. The average Bonchev–Trinajstić information content (AvgIpc) is 2.64. The van der Waals surface area contributed by atoms with Crippen molar-refractivity contribution in [2.45, 2.75) is 45.4 Å². The van der Waals surface area contributed by atoms with Gasteiger partial charge in [0.1, 0.15) is 0 Å². The van der Waals surface area contributed by atoms with E-state index >= 15 is 0 Å². The molecule has 9 heteroatoms. The highest BCUT2D eigenvalue weighted by atomic mass is 32.2. The third kappa shape index (κ3) is 6.05. The van der Waals surface area contributed by atoms with E-state index in [0.717, 1.165) is 29.8 Å². The predicted molar refractivity (Wildman–Crippen MR) is 109 cm³/mol. The van der Waals surface area contributed by atoms with Gasteiger partial charge in [-0.1, -0.05) is 17.7 Å². The van der Waals surface area contributed by atoms with Crippen LogP contribution < -0.4 is 9.62 Å². The third-order valence-corrected chi connectivity index (χ3v) is 5.98. The van der Waals surface area contributed by atoms with Gasteiger partial charge in [-0.3, -0.25) is 19.2 Å². The van der Waals surface area contributed by atoms with Crippen LogP contribution in [0.5, 0.6) is 0 Å². The van der Waals surface area contributed by atoms with Gasteiger partial charge in [0.2, 0.25) is 15.9 Å². The van der Waals surface area contributed by atoms with Gasteiger partial charge in [-0.15, -0.1) is 0 Å². The maximum Gasteiger partial charge on any atom is 0.274 e. The molecule has 0 bridgehead atoms. The van der Waals surface area contributed by atoms with Crippen molar-refractivity contribution in [1.29, 1.82) is 0 Å². The molecule has 0 saturated heterocycles. The van der Waals surface area contributed by atoms with Crippen LogP contribution in [0, 0.1) is 17.0 Å². The summed E-state index contributed by atoms with van der Waals surface area (Å²) in [7, 11) is -3.64. The summed E-state index contributed by atoms with van der Waals surface area (Å²) in [6, 6.07) is 4.34. The number of hydrogen-bond acceptors (Lipinski definition) is 5. The van der Waals surface area contributed by atoms with Gasteiger partial charge in [0.25, 0.3) is 5.69 Å². The first-order valence-electron chi connectivity index (χ1n) is 9.36. The summed E-state index contributed by atoms with van der Waals surface area (Å²) in [4.78, 5) is 22.7. The zero-order valence-corrected chi connectivity index (χ0v) is 17.1. The van der Waals surface area contributed by atoms with Crippen molar-refractivity contribution in [2.24, 2.45) is 0 Å². The molecule has 1 N–H and O–H groups in total. The van der Waals surface area contributed by atoms with Crippen molar-refractivity contribution in [3.05, 3.63) is 45.5 Å². The minimum atomic E-state index is -3.64. The quantitative estimate of drug-likeness (QED) is 0.383. The Kier molecular flexibility index (Phi) is 7.56. The molecule has 154 valence electrons. The summed E-state index contributed by atoms with van der Waals surface area (Å²) in [6.45, 7) is 2.14. The number of nitro benzene ring substituents is 1. The molecule has 0 aliphatic heterocycles. The zero-order chi connectivity index (χ0) is 20.7. The van der Waals surface area contributed by atoms with Crippen LogP contribution in [0.3, 0.4) is 0 Å². The molecule has 0 unspecified atom stereocenters. The van der Waals surface area contributed by atoms with Crippen molar-refractivity contribution >= 4 is 27.3 Å². The highest BCUT2D eigenvalue weighted by molar-refractivity contribution is 7.92. The second kappa shape index (κ2) is 9.68. The van der Waals surface area contributed by atoms with E-state index in [1.807, 2.05) is 0 Å². The fourth-order valence-electron chi connectivity index (χ4n) is 3.29. The topological polar surface area (TPSA) is 110 Å². The molecule has 1 aromatic rings. The van der Waals surface area contributed by atoms with Crippen LogP contribution in [-0.4, -0.2) is 38.6 Å². The number of nitrogens with one attached hydrogen (secondary N) is 1. The summed E-state index contributed by atoms with van der Waals surface area (Å²) >= 11 is 0. The SMILES string of the molecule is Cc1c(N(CCCC(=O)NCC2=CCCCC2)S(C)(=O)=O)cccc1[N+](=O)[O-]. The van der Waals surface area contributed by atoms with E-state index in [2.05, 4.69) is 11.4 Å².